The van der Waals surface area contributed by atoms with Gasteiger partial charge in [-0.05, 0) is 31.6 Å². The Bertz CT molecular complexity index is 379. The van der Waals surface area contributed by atoms with Crippen molar-refractivity contribution >= 4 is 11.8 Å². The Morgan fingerprint density at radius 1 is 0.905 bits per heavy atom. The van der Waals surface area contributed by atoms with Gasteiger partial charge in [0.25, 0.3) is 5.91 Å². The van der Waals surface area contributed by atoms with E-state index in [2.05, 4.69) is 0 Å². The smallest absolute Gasteiger partial charge is 0.251 e. The summed E-state index contributed by atoms with van der Waals surface area (Å²) in [6, 6.07) is 0. The zero-order chi connectivity index (χ0) is 14.7. The summed E-state index contributed by atoms with van der Waals surface area (Å²) >= 11 is 0. The number of piperazine rings is 1. The summed E-state index contributed by atoms with van der Waals surface area (Å²) in [4.78, 5) is 28.4. The van der Waals surface area contributed by atoms with Gasteiger partial charge in [-0.1, -0.05) is 12.8 Å². The van der Waals surface area contributed by atoms with Crippen LogP contribution in [0.1, 0.15) is 44.9 Å². The van der Waals surface area contributed by atoms with E-state index in [1.54, 1.807) is 0 Å². The van der Waals surface area contributed by atoms with Crippen LogP contribution in [0.3, 0.4) is 0 Å². The predicted octanol–water partition coefficient (Wildman–Crippen LogP) is 1.42. The van der Waals surface area contributed by atoms with Crippen molar-refractivity contribution in [1.29, 1.82) is 0 Å². The SMILES string of the molecule is O=C(CC1CCCC1)N1CCN(C(=O)C2CCCO2)CC1. The molecule has 0 aromatic carbocycles. The van der Waals surface area contributed by atoms with Crippen LogP contribution >= 0.6 is 0 Å². The maximum Gasteiger partial charge on any atom is 0.251 e. The fraction of sp³-hybridized carbons (Fsp3) is 0.875. The minimum atomic E-state index is -0.231. The lowest BCUT2D eigenvalue weighted by molar-refractivity contribution is -0.146. The summed E-state index contributed by atoms with van der Waals surface area (Å²) in [6.45, 7) is 3.40. The monoisotopic (exact) mass is 294 g/mol. The molecule has 1 saturated carbocycles. The van der Waals surface area contributed by atoms with Crippen molar-refractivity contribution in [3.05, 3.63) is 0 Å². The van der Waals surface area contributed by atoms with Gasteiger partial charge in [-0.15, -0.1) is 0 Å². The number of hydrogen-bond donors (Lipinski definition) is 0. The van der Waals surface area contributed by atoms with Gasteiger partial charge in [0.1, 0.15) is 6.10 Å². The van der Waals surface area contributed by atoms with Gasteiger partial charge in [-0.25, -0.2) is 0 Å². The number of hydrogen-bond acceptors (Lipinski definition) is 3. The minimum Gasteiger partial charge on any atom is -0.368 e. The Hall–Kier alpha value is -1.10. The Morgan fingerprint density at radius 2 is 1.57 bits per heavy atom. The average Bonchev–Trinajstić information content (AvgIpc) is 3.20. The van der Waals surface area contributed by atoms with Gasteiger partial charge >= 0.3 is 0 Å². The van der Waals surface area contributed by atoms with Crippen molar-refractivity contribution < 1.29 is 14.3 Å². The lowest BCUT2D eigenvalue weighted by Gasteiger charge is -2.36. The van der Waals surface area contributed by atoms with Crippen LogP contribution in [0.2, 0.25) is 0 Å². The lowest BCUT2D eigenvalue weighted by atomic mass is 10.0. The summed E-state index contributed by atoms with van der Waals surface area (Å²) in [7, 11) is 0. The van der Waals surface area contributed by atoms with Crippen LogP contribution in [0.15, 0.2) is 0 Å². The second kappa shape index (κ2) is 6.77. The number of carbonyl (C=O) groups excluding carboxylic acids is 2. The normalized spacial score (nSPS) is 27.3. The summed E-state index contributed by atoms with van der Waals surface area (Å²) in [5.41, 5.74) is 0. The van der Waals surface area contributed by atoms with Crippen LogP contribution in [0.25, 0.3) is 0 Å². The highest BCUT2D eigenvalue weighted by molar-refractivity contribution is 5.82. The van der Waals surface area contributed by atoms with Gasteiger partial charge in [0.15, 0.2) is 0 Å². The topological polar surface area (TPSA) is 49.9 Å². The van der Waals surface area contributed by atoms with E-state index < -0.39 is 0 Å². The number of rotatable bonds is 3. The number of nitrogens with zero attached hydrogens (tertiary/aromatic N) is 2. The molecule has 3 rings (SSSR count). The lowest BCUT2D eigenvalue weighted by Crippen LogP contribution is -2.53. The van der Waals surface area contributed by atoms with Crippen molar-refractivity contribution in [1.82, 2.24) is 9.80 Å². The molecule has 118 valence electrons. The maximum atomic E-state index is 12.3. The third-order valence-corrected chi connectivity index (χ3v) is 5.09. The molecule has 0 radical (unpaired) electrons. The highest BCUT2D eigenvalue weighted by Gasteiger charge is 2.31. The first kappa shape index (κ1) is 14.8. The molecule has 2 saturated heterocycles. The molecule has 0 spiro atoms. The first-order valence-corrected chi connectivity index (χ1v) is 8.42. The van der Waals surface area contributed by atoms with Crippen LogP contribution in [-0.2, 0) is 14.3 Å². The van der Waals surface area contributed by atoms with Gasteiger partial charge in [-0.2, -0.15) is 0 Å². The first-order valence-electron chi connectivity index (χ1n) is 8.42. The second-order valence-corrected chi connectivity index (χ2v) is 6.56. The van der Waals surface area contributed by atoms with E-state index in [0.29, 0.717) is 45.1 Å². The number of amides is 2. The molecule has 1 aliphatic carbocycles. The van der Waals surface area contributed by atoms with E-state index in [-0.39, 0.29) is 17.9 Å². The van der Waals surface area contributed by atoms with Crippen molar-refractivity contribution in [2.45, 2.75) is 51.0 Å². The zero-order valence-corrected chi connectivity index (χ0v) is 12.8. The average molecular weight is 294 g/mol. The molecule has 5 heteroatoms. The summed E-state index contributed by atoms with van der Waals surface area (Å²) in [6.07, 6.45) is 7.29. The van der Waals surface area contributed by atoms with Crippen LogP contribution in [0.5, 0.6) is 0 Å². The Balaban J connectivity index is 1.43. The molecule has 0 aromatic rings. The highest BCUT2D eigenvalue weighted by Crippen LogP contribution is 2.28. The van der Waals surface area contributed by atoms with E-state index in [1.807, 2.05) is 9.80 Å². The fourth-order valence-electron chi connectivity index (χ4n) is 3.74. The largest absolute Gasteiger partial charge is 0.368 e. The van der Waals surface area contributed by atoms with Crippen molar-refractivity contribution in [3.8, 4) is 0 Å². The van der Waals surface area contributed by atoms with E-state index >= 15 is 0 Å². The quantitative estimate of drug-likeness (QED) is 0.791. The van der Waals surface area contributed by atoms with E-state index in [0.717, 1.165) is 12.8 Å². The third-order valence-electron chi connectivity index (χ3n) is 5.09. The van der Waals surface area contributed by atoms with Crippen LogP contribution in [0, 0.1) is 5.92 Å². The van der Waals surface area contributed by atoms with Gasteiger partial charge in [0, 0.05) is 39.2 Å². The molecule has 3 fully saturated rings. The van der Waals surface area contributed by atoms with Crippen LogP contribution in [-0.4, -0.2) is 60.5 Å². The Labute approximate surface area is 126 Å². The molecule has 0 N–H and O–H groups in total. The van der Waals surface area contributed by atoms with Gasteiger partial charge in [0.05, 0.1) is 0 Å². The molecule has 0 aromatic heterocycles. The second-order valence-electron chi connectivity index (χ2n) is 6.56. The van der Waals surface area contributed by atoms with Crippen molar-refractivity contribution in [3.63, 3.8) is 0 Å². The molecular formula is C16H26N2O3. The van der Waals surface area contributed by atoms with Gasteiger partial charge in [-0.3, -0.25) is 9.59 Å². The van der Waals surface area contributed by atoms with Gasteiger partial charge in [0.2, 0.25) is 5.91 Å². The molecule has 2 amide bonds. The first-order chi connectivity index (χ1) is 10.2. The molecular weight excluding hydrogens is 268 g/mol. The predicted molar refractivity (Wildman–Crippen MR) is 78.7 cm³/mol. The highest BCUT2D eigenvalue weighted by atomic mass is 16.5. The third kappa shape index (κ3) is 3.57. The molecule has 1 unspecified atom stereocenters. The van der Waals surface area contributed by atoms with E-state index in [4.69, 9.17) is 4.74 Å². The van der Waals surface area contributed by atoms with E-state index in [9.17, 15) is 9.59 Å². The molecule has 21 heavy (non-hydrogen) atoms. The molecule has 2 heterocycles. The number of ether oxygens (including phenoxy) is 1. The van der Waals surface area contributed by atoms with Crippen molar-refractivity contribution in [2.75, 3.05) is 32.8 Å². The molecule has 2 aliphatic heterocycles. The van der Waals surface area contributed by atoms with E-state index in [1.165, 1.54) is 25.7 Å². The van der Waals surface area contributed by atoms with Crippen LogP contribution < -0.4 is 0 Å². The minimum absolute atomic E-state index is 0.121. The van der Waals surface area contributed by atoms with Crippen molar-refractivity contribution in [2.24, 2.45) is 5.92 Å². The Kier molecular flexibility index (Phi) is 4.78. The summed E-state index contributed by atoms with van der Waals surface area (Å²) < 4.78 is 5.46. The van der Waals surface area contributed by atoms with Crippen LogP contribution in [0.4, 0.5) is 0 Å². The number of carbonyl (C=O) groups is 2. The standard InChI is InChI=1S/C16H26N2O3/c19-15(12-13-4-1-2-5-13)17-7-9-18(10-8-17)16(20)14-6-3-11-21-14/h13-14H,1-12H2. The Morgan fingerprint density at radius 3 is 2.19 bits per heavy atom. The fourth-order valence-corrected chi connectivity index (χ4v) is 3.74. The summed E-state index contributed by atoms with van der Waals surface area (Å²) in [5, 5.41) is 0. The summed E-state index contributed by atoms with van der Waals surface area (Å²) in [5.74, 6) is 1.01. The molecule has 1 atom stereocenters. The van der Waals surface area contributed by atoms with Gasteiger partial charge < -0.3 is 14.5 Å². The zero-order valence-electron chi connectivity index (χ0n) is 12.8. The maximum absolute atomic E-state index is 12.3. The molecule has 3 aliphatic rings. The molecule has 0 bridgehead atoms. The molecule has 5 nitrogen and oxygen atoms in total.